The maximum atomic E-state index is 10.3. The Labute approximate surface area is 47.6 Å². The Morgan fingerprint density at radius 2 is 2.38 bits per heavy atom. The van der Waals surface area contributed by atoms with E-state index in [4.69, 9.17) is 5.11 Å². The van der Waals surface area contributed by atoms with Crippen molar-refractivity contribution in [2.75, 3.05) is 13.7 Å². The van der Waals surface area contributed by atoms with E-state index in [1.807, 2.05) is 0 Å². The second kappa shape index (κ2) is 3.21. The average Bonchev–Trinajstić information content (AvgIpc) is 1.84. The lowest BCUT2D eigenvalue weighted by Crippen LogP contribution is -2.06. The summed E-state index contributed by atoms with van der Waals surface area (Å²) in [6.45, 7) is 2.88. The SMILES string of the molecule is C=C(CO)C(=O)OC. The summed E-state index contributed by atoms with van der Waals surface area (Å²) < 4.78 is 4.20. The molecule has 0 aliphatic heterocycles. The minimum atomic E-state index is -0.563. The number of methoxy groups -OCH3 is 1. The molecule has 0 aliphatic rings. The van der Waals surface area contributed by atoms with Crippen LogP contribution in [0, 0.1) is 0 Å². The lowest BCUT2D eigenvalue weighted by Gasteiger charge is -1.95. The van der Waals surface area contributed by atoms with Crippen molar-refractivity contribution in [3.05, 3.63) is 12.2 Å². The number of hydrogen-bond donors (Lipinski definition) is 1. The Bertz CT molecular complexity index is 92.2. The molecule has 0 heterocycles. The highest BCUT2D eigenvalue weighted by Crippen LogP contribution is 1.88. The third-order valence-corrected chi connectivity index (χ3v) is 0.665. The van der Waals surface area contributed by atoms with Gasteiger partial charge in [0.2, 0.25) is 0 Å². The maximum Gasteiger partial charge on any atom is 0.335 e. The van der Waals surface area contributed by atoms with Crippen LogP contribution < -0.4 is 0 Å². The van der Waals surface area contributed by atoms with Gasteiger partial charge in [-0.1, -0.05) is 6.58 Å². The van der Waals surface area contributed by atoms with Crippen LogP contribution in [0.15, 0.2) is 12.2 Å². The molecular formula is C5H8O3. The topological polar surface area (TPSA) is 46.5 Å². The minimum Gasteiger partial charge on any atom is -0.466 e. The lowest BCUT2D eigenvalue weighted by atomic mass is 10.3. The summed E-state index contributed by atoms with van der Waals surface area (Å²) in [4.78, 5) is 10.3. The van der Waals surface area contributed by atoms with Crippen molar-refractivity contribution in [1.29, 1.82) is 0 Å². The van der Waals surface area contributed by atoms with Crippen molar-refractivity contribution in [1.82, 2.24) is 0 Å². The first kappa shape index (κ1) is 7.17. The van der Waals surface area contributed by atoms with Crippen molar-refractivity contribution < 1.29 is 14.6 Å². The lowest BCUT2D eigenvalue weighted by molar-refractivity contribution is -0.136. The molecule has 8 heavy (non-hydrogen) atoms. The van der Waals surface area contributed by atoms with E-state index in [0.717, 1.165) is 0 Å². The standard InChI is InChI=1S/C5H8O3/c1-4(3-6)5(7)8-2/h6H,1,3H2,2H3. The first-order valence-corrected chi connectivity index (χ1v) is 2.09. The van der Waals surface area contributed by atoms with Gasteiger partial charge in [-0.05, 0) is 0 Å². The third-order valence-electron chi connectivity index (χ3n) is 0.665. The summed E-state index contributed by atoms with van der Waals surface area (Å²) in [6.07, 6.45) is 0. The van der Waals surface area contributed by atoms with E-state index in [9.17, 15) is 4.79 Å². The van der Waals surface area contributed by atoms with Gasteiger partial charge in [-0.3, -0.25) is 0 Å². The zero-order valence-electron chi connectivity index (χ0n) is 4.68. The van der Waals surface area contributed by atoms with Gasteiger partial charge in [0.25, 0.3) is 0 Å². The summed E-state index contributed by atoms with van der Waals surface area (Å²) in [5.41, 5.74) is 0.0764. The minimum absolute atomic E-state index is 0.0764. The fourth-order valence-corrected chi connectivity index (χ4v) is 0.209. The zero-order chi connectivity index (χ0) is 6.57. The van der Waals surface area contributed by atoms with E-state index in [2.05, 4.69) is 11.3 Å². The van der Waals surface area contributed by atoms with Crippen LogP contribution >= 0.6 is 0 Å². The van der Waals surface area contributed by atoms with Gasteiger partial charge < -0.3 is 9.84 Å². The molecule has 0 spiro atoms. The Balaban J connectivity index is 3.64. The Kier molecular flexibility index (Phi) is 2.88. The molecule has 1 N–H and O–H groups in total. The van der Waals surface area contributed by atoms with Crippen LogP contribution in [-0.2, 0) is 9.53 Å². The van der Waals surface area contributed by atoms with Gasteiger partial charge in [0, 0.05) is 0 Å². The van der Waals surface area contributed by atoms with E-state index in [-0.39, 0.29) is 12.2 Å². The van der Waals surface area contributed by atoms with E-state index in [1.54, 1.807) is 0 Å². The normalized spacial score (nSPS) is 8.25. The van der Waals surface area contributed by atoms with Crippen molar-refractivity contribution in [3.63, 3.8) is 0 Å². The summed E-state index contributed by atoms with van der Waals surface area (Å²) in [7, 11) is 1.24. The van der Waals surface area contributed by atoms with E-state index >= 15 is 0 Å². The fourth-order valence-electron chi connectivity index (χ4n) is 0.209. The van der Waals surface area contributed by atoms with Crippen LogP contribution in [0.5, 0.6) is 0 Å². The van der Waals surface area contributed by atoms with Gasteiger partial charge in [-0.2, -0.15) is 0 Å². The Morgan fingerprint density at radius 1 is 1.88 bits per heavy atom. The number of carbonyl (C=O) groups excluding carboxylic acids is 1. The molecule has 0 amide bonds. The van der Waals surface area contributed by atoms with Gasteiger partial charge in [-0.15, -0.1) is 0 Å². The van der Waals surface area contributed by atoms with Crippen LogP contribution in [0.4, 0.5) is 0 Å². The first-order valence-electron chi connectivity index (χ1n) is 2.09. The van der Waals surface area contributed by atoms with Crippen molar-refractivity contribution in [2.24, 2.45) is 0 Å². The van der Waals surface area contributed by atoms with E-state index in [0.29, 0.717) is 0 Å². The molecular weight excluding hydrogens is 108 g/mol. The molecule has 0 aliphatic carbocycles. The highest BCUT2D eigenvalue weighted by Gasteiger charge is 2.01. The van der Waals surface area contributed by atoms with Crippen LogP contribution in [-0.4, -0.2) is 24.8 Å². The average molecular weight is 116 g/mol. The summed E-state index contributed by atoms with van der Waals surface area (Å²) in [5.74, 6) is -0.563. The maximum absolute atomic E-state index is 10.3. The molecule has 0 saturated carbocycles. The van der Waals surface area contributed by atoms with Gasteiger partial charge >= 0.3 is 5.97 Å². The second-order valence-corrected chi connectivity index (χ2v) is 1.25. The van der Waals surface area contributed by atoms with Crippen LogP contribution in [0.3, 0.4) is 0 Å². The second-order valence-electron chi connectivity index (χ2n) is 1.25. The molecule has 0 aromatic carbocycles. The fraction of sp³-hybridized carbons (Fsp3) is 0.400. The van der Waals surface area contributed by atoms with Crippen LogP contribution in [0.2, 0.25) is 0 Å². The summed E-state index contributed by atoms with van der Waals surface area (Å²) >= 11 is 0. The number of carbonyl (C=O) groups is 1. The van der Waals surface area contributed by atoms with Gasteiger partial charge in [0.1, 0.15) is 0 Å². The van der Waals surface area contributed by atoms with Crippen LogP contribution in [0.25, 0.3) is 0 Å². The van der Waals surface area contributed by atoms with E-state index in [1.165, 1.54) is 7.11 Å². The molecule has 0 aromatic heterocycles. The summed E-state index contributed by atoms with van der Waals surface area (Å²) in [5, 5.41) is 8.24. The van der Waals surface area contributed by atoms with Crippen molar-refractivity contribution in [3.8, 4) is 0 Å². The molecule has 3 nitrogen and oxygen atoms in total. The predicted molar refractivity (Wildman–Crippen MR) is 28.2 cm³/mol. The summed E-state index contributed by atoms with van der Waals surface area (Å²) in [6, 6.07) is 0. The Morgan fingerprint density at radius 3 is 2.50 bits per heavy atom. The zero-order valence-corrected chi connectivity index (χ0v) is 4.68. The Hall–Kier alpha value is -0.830. The predicted octanol–water partition coefficient (Wildman–Crippen LogP) is -0.292. The number of rotatable bonds is 2. The van der Waals surface area contributed by atoms with Gasteiger partial charge in [-0.25, -0.2) is 4.79 Å². The molecule has 0 unspecified atom stereocenters. The highest BCUT2D eigenvalue weighted by atomic mass is 16.5. The molecule has 0 aromatic rings. The van der Waals surface area contributed by atoms with Crippen molar-refractivity contribution >= 4 is 5.97 Å². The molecule has 0 atom stereocenters. The quantitative estimate of drug-likeness (QED) is 0.398. The third kappa shape index (κ3) is 1.75. The molecule has 0 fully saturated rings. The molecule has 3 heteroatoms. The molecule has 0 saturated heterocycles. The molecule has 0 bridgehead atoms. The number of aliphatic hydroxyl groups excluding tert-OH is 1. The van der Waals surface area contributed by atoms with Gasteiger partial charge in [0.05, 0.1) is 19.3 Å². The van der Waals surface area contributed by atoms with Crippen molar-refractivity contribution in [2.45, 2.75) is 0 Å². The molecule has 0 rings (SSSR count). The van der Waals surface area contributed by atoms with Gasteiger partial charge in [0.15, 0.2) is 0 Å². The number of esters is 1. The highest BCUT2D eigenvalue weighted by molar-refractivity contribution is 5.87. The van der Waals surface area contributed by atoms with Crippen LogP contribution in [0.1, 0.15) is 0 Å². The number of hydrogen-bond acceptors (Lipinski definition) is 3. The van der Waals surface area contributed by atoms with E-state index < -0.39 is 5.97 Å². The first-order chi connectivity index (χ1) is 3.72. The molecule has 46 valence electrons. The largest absolute Gasteiger partial charge is 0.466 e. The monoisotopic (exact) mass is 116 g/mol. The smallest absolute Gasteiger partial charge is 0.335 e. The molecule has 0 radical (unpaired) electrons. The number of aliphatic hydroxyl groups is 1. The number of ether oxygens (including phenoxy) is 1.